The molecule has 0 fully saturated rings. The minimum atomic E-state index is 0.0873. The average Bonchev–Trinajstić information content (AvgIpc) is 2.46. The smallest absolute Gasteiger partial charge is 0.0430 e. The first kappa shape index (κ1) is 13.6. The maximum atomic E-state index is 5.88. The molecule has 1 aromatic carbocycles. The van der Waals surface area contributed by atoms with Crippen LogP contribution >= 0.6 is 0 Å². The Balaban J connectivity index is 2.13. The standard InChI is InChI=1S/C16H21N3/c1-3-19(12-14-8-10-18-11-9-14)16-6-4-15(5-7-16)13(2)17/h4-11,13H,3,12,17H2,1-2H3/t13-/m1/s1. The molecule has 3 heteroatoms. The van der Waals surface area contributed by atoms with Crippen molar-refractivity contribution in [2.45, 2.75) is 26.4 Å². The molecule has 0 saturated heterocycles. The van der Waals surface area contributed by atoms with Crippen molar-refractivity contribution in [1.82, 2.24) is 4.98 Å². The maximum Gasteiger partial charge on any atom is 0.0430 e. The number of nitrogens with two attached hydrogens (primary N) is 1. The van der Waals surface area contributed by atoms with Gasteiger partial charge in [-0.05, 0) is 49.2 Å². The van der Waals surface area contributed by atoms with E-state index < -0.39 is 0 Å². The van der Waals surface area contributed by atoms with Crippen LogP contribution in [-0.4, -0.2) is 11.5 Å². The van der Waals surface area contributed by atoms with Crippen LogP contribution in [0.2, 0.25) is 0 Å². The monoisotopic (exact) mass is 255 g/mol. The molecule has 3 nitrogen and oxygen atoms in total. The highest BCUT2D eigenvalue weighted by Crippen LogP contribution is 2.19. The molecule has 2 aromatic rings. The summed E-state index contributed by atoms with van der Waals surface area (Å²) in [5.74, 6) is 0. The minimum Gasteiger partial charge on any atom is -0.367 e. The lowest BCUT2D eigenvalue weighted by atomic mass is 10.1. The number of hydrogen-bond acceptors (Lipinski definition) is 3. The van der Waals surface area contributed by atoms with E-state index in [1.165, 1.54) is 16.8 Å². The van der Waals surface area contributed by atoms with E-state index >= 15 is 0 Å². The Labute approximate surface area is 115 Å². The molecule has 0 spiro atoms. The van der Waals surface area contributed by atoms with Crippen molar-refractivity contribution in [2.24, 2.45) is 5.73 Å². The Hall–Kier alpha value is -1.87. The summed E-state index contributed by atoms with van der Waals surface area (Å²) in [6, 6.07) is 12.7. The second kappa shape index (κ2) is 6.34. The molecule has 0 aliphatic rings. The summed E-state index contributed by atoms with van der Waals surface area (Å²) in [7, 11) is 0. The summed E-state index contributed by atoms with van der Waals surface area (Å²) in [5, 5.41) is 0. The Bertz CT molecular complexity index is 491. The van der Waals surface area contributed by atoms with E-state index in [1.54, 1.807) is 0 Å². The largest absolute Gasteiger partial charge is 0.367 e. The Morgan fingerprint density at radius 3 is 2.26 bits per heavy atom. The van der Waals surface area contributed by atoms with Gasteiger partial charge in [0.05, 0.1) is 0 Å². The number of nitrogens with zero attached hydrogens (tertiary/aromatic N) is 2. The maximum absolute atomic E-state index is 5.88. The molecule has 1 aromatic heterocycles. The molecule has 0 bridgehead atoms. The lowest BCUT2D eigenvalue weighted by molar-refractivity contribution is 0.810. The predicted molar refractivity (Wildman–Crippen MR) is 80.0 cm³/mol. The fourth-order valence-electron chi connectivity index (χ4n) is 2.08. The zero-order chi connectivity index (χ0) is 13.7. The van der Waals surface area contributed by atoms with Crippen molar-refractivity contribution in [2.75, 3.05) is 11.4 Å². The van der Waals surface area contributed by atoms with Gasteiger partial charge in [0.15, 0.2) is 0 Å². The van der Waals surface area contributed by atoms with Crippen LogP contribution in [0.15, 0.2) is 48.8 Å². The van der Waals surface area contributed by atoms with Gasteiger partial charge in [-0.25, -0.2) is 0 Å². The number of benzene rings is 1. The SMILES string of the molecule is CCN(Cc1ccncc1)c1ccc([C@@H](C)N)cc1. The Morgan fingerprint density at radius 2 is 1.74 bits per heavy atom. The molecule has 100 valence electrons. The van der Waals surface area contributed by atoms with Gasteiger partial charge in [0.2, 0.25) is 0 Å². The van der Waals surface area contributed by atoms with Crippen LogP contribution in [0.1, 0.15) is 31.0 Å². The first-order valence-electron chi connectivity index (χ1n) is 6.70. The van der Waals surface area contributed by atoms with Gasteiger partial charge in [-0.15, -0.1) is 0 Å². The van der Waals surface area contributed by atoms with Crippen LogP contribution in [0.4, 0.5) is 5.69 Å². The molecule has 1 atom stereocenters. The lowest BCUT2D eigenvalue weighted by Crippen LogP contribution is -2.22. The van der Waals surface area contributed by atoms with Crippen molar-refractivity contribution in [3.05, 3.63) is 59.9 Å². The molecular weight excluding hydrogens is 234 g/mol. The van der Waals surface area contributed by atoms with Crippen LogP contribution < -0.4 is 10.6 Å². The molecular formula is C16H21N3. The molecule has 0 radical (unpaired) electrons. The molecule has 2 rings (SSSR count). The number of aromatic nitrogens is 1. The molecule has 0 aliphatic carbocycles. The molecule has 2 N–H and O–H groups in total. The zero-order valence-corrected chi connectivity index (χ0v) is 11.6. The summed E-state index contributed by atoms with van der Waals surface area (Å²) in [6.45, 7) is 6.04. The van der Waals surface area contributed by atoms with Gasteiger partial charge in [-0.2, -0.15) is 0 Å². The normalized spacial score (nSPS) is 12.2. The van der Waals surface area contributed by atoms with E-state index in [9.17, 15) is 0 Å². The summed E-state index contributed by atoms with van der Waals surface area (Å²) in [5.41, 5.74) is 9.54. The first-order valence-corrected chi connectivity index (χ1v) is 6.70. The van der Waals surface area contributed by atoms with E-state index in [-0.39, 0.29) is 6.04 Å². The molecule has 0 saturated carbocycles. The number of hydrogen-bond donors (Lipinski definition) is 1. The minimum absolute atomic E-state index is 0.0873. The van der Waals surface area contributed by atoms with E-state index in [2.05, 4.69) is 53.2 Å². The van der Waals surface area contributed by atoms with Gasteiger partial charge < -0.3 is 10.6 Å². The van der Waals surface area contributed by atoms with Crippen LogP contribution in [0, 0.1) is 0 Å². The van der Waals surface area contributed by atoms with Crippen molar-refractivity contribution < 1.29 is 0 Å². The third kappa shape index (κ3) is 3.55. The van der Waals surface area contributed by atoms with Gasteiger partial charge in [0.25, 0.3) is 0 Å². The first-order chi connectivity index (χ1) is 9.20. The molecule has 19 heavy (non-hydrogen) atoms. The van der Waals surface area contributed by atoms with Crippen LogP contribution in [0.25, 0.3) is 0 Å². The van der Waals surface area contributed by atoms with Crippen molar-refractivity contribution >= 4 is 5.69 Å². The van der Waals surface area contributed by atoms with E-state index in [4.69, 9.17) is 5.73 Å². The number of rotatable bonds is 5. The summed E-state index contributed by atoms with van der Waals surface area (Å²) < 4.78 is 0. The highest BCUT2D eigenvalue weighted by atomic mass is 15.1. The second-order valence-electron chi connectivity index (χ2n) is 4.75. The van der Waals surface area contributed by atoms with E-state index in [0.29, 0.717) is 0 Å². The average molecular weight is 255 g/mol. The topological polar surface area (TPSA) is 42.2 Å². The Morgan fingerprint density at radius 1 is 1.11 bits per heavy atom. The summed E-state index contributed by atoms with van der Waals surface area (Å²) in [4.78, 5) is 6.38. The zero-order valence-electron chi connectivity index (χ0n) is 11.6. The number of pyridine rings is 1. The predicted octanol–water partition coefficient (Wildman–Crippen LogP) is 3.13. The van der Waals surface area contributed by atoms with Gasteiger partial charge in [-0.1, -0.05) is 12.1 Å². The highest BCUT2D eigenvalue weighted by Gasteiger charge is 2.06. The van der Waals surface area contributed by atoms with E-state index in [0.717, 1.165) is 13.1 Å². The van der Waals surface area contributed by atoms with Crippen molar-refractivity contribution in [3.8, 4) is 0 Å². The van der Waals surface area contributed by atoms with Crippen LogP contribution in [0.5, 0.6) is 0 Å². The lowest BCUT2D eigenvalue weighted by Gasteiger charge is -2.23. The van der Waals surface area contributed by atoms with Crippen LogP contribution in [0.3, 0.4) is 0 Å². The van der Waals surface area contributed by atoms with Gasteiger partial charge in [0, 0.05) is 37.2 Å². The second-order valence-corrected chi connectivity index (χ2v) is 4.75. The summed E-state index contributed by atoms with van der Waals surface area (Å²) >= 11 is 0. The van der Waals surface area contributed by atoms with Gasteiger partial charge in [-0.3, -0.25) is 4.98 Å². The third-order valence-corrected chi connectivity index (χ3v) is 3.29. The fraction of sp³-hybridized carbons (Fsp3) is 0.312. The van der Waals surface area contributed by atoms with Gasteiger partial charge in [0.1, 0.15) is 0 Å². The fourth-order valence-corrected chi connectivity index (χ4v) is 2.08. The van der Waals surface area contributed by atoms with Gasteiger partial charge >= 0.3 is 0 Å². The van der Waals surface area contributed by atoms with Crippen molar-refractivity contribution in [1.29, 1.82) is 0 Å². The number of anilines is 1. The third-order valence-electron chi connectivity index (χ3n) is 3.29. The van der Waals surface area contributed by atoms with E-state index in [1.807, 2.05) is 19.3 Å². The van der Waals surface area contributed by atoms with Crippen molar-refractivity contribution in [3.63, 3.8) is 0 Å². The Kier molecular flexibility index (Phi) is 4.53. The molecule has 1 heterocycles. The quantitative estimate of drug-likeness (QED) is 0.892. The molecule has 0 amide bonds. The molecule has 0 unspecified atom stereocenters. The van der Waals surface area contributed by atoms with Crippen LogP contribution in [-0.2, 0) is 6.54 Å². The summed E-state index contributed by atoms with van der Waals surface area (Å²) in [6.07, 6.45) is 3.67. The molecule has 0 aliphatic heterocycles. The highest BCUT2D eigenvalue weighted by molar-refractivity contribution is 5.48.